The Kier molecular flexibility index (Phi) is 2.76. The standard InChI is InChI=1S/C15H15NO2/c1-10-15(17)18-9-14(16-10)13-8-4-6-11-5-2-3-7-12(11)13/h2-8,10,14,16H,9H2,1H3. The molecule has 3 nitrogen and oxygen atoms in total. The van der Waals surface area contributed by atoms with Crippen LogP contribution >= 0.6 is 0 Å². The van der Waals surface area contributed by atoms with Crippen molar-refractivity contribution in [1.82, 2.24) is 5.32 Å². The van der Waals surface area contributed by atoms with Gasteiger partial charge in [0, 0.05) is 0 Å². The van der Waals surface area contributed by atoms with Crippen LogP contribution in [0.5, 0.6) is 0 Å². The highest BCUT2D eigenvalue weighted by Crippen LogP contribution is 2.26. The summed E-state index contributed by atoms with van der Waals surface area (Å²) in [5.41, 5.74) is 1.19. The molecule has 1 aliphatic rings. The van der Waals surface area contributed by atoms with E-state index in [1.54, 1.807) is 0 Å². The molecule has 92 valence electrons. The number of esters is 1. The van der Waals surface area contributed by atoms with Gasteiger partial charge in [0.25, 0.3) is 0 Å². The lowest BCUT2D eigenvalue weighted by Crippen LogP contribution is -2.45. The van der Waals surface area contributed by atoms with Crippen molar-refractivity contribution in [3.8, 4) is 0 Å². The molecule has 1 N–H and O–H groups in total. The molecule has 2 aromatic rings. The summed E-state index contributed by atoms with van der Waals surface area (Å²) in [7, 11) is 0. The Labute approximate surface area is 106 Å². The molecule has 1 saturated heterocycles. The molecule has 0 aromatic heterocycles. The highest BCUT2D eigenvalue weighted by atomic mass is 16.5. The van der Waals surface area contributed by atoms with Crippen molar-refractivity contribution < 1.29 is 9.53 Å². The number of nitrogens with one attached hydrogen (secondary N) is 1. The monoisotopic (exact) mass is 241 g/mol. The average molecular weight is 241 g/mol. The summed E-state index contributed by atoms with van der Waals surface area (Å²) >= 11 is 0. The molecule has 0 amide bonds. The number of hydrogen-bond acceptors (Lipinski definition) is 3. The van der Waals surface area contributed by atoms with Crippen molar-refractivity contribution in [3.05, 3.63) is 48.0 Å². The number of ether oxygens (including phenoxy) is 1. The molecule has 1 heterocycles. The fourth-order valence-electron chi connectivity index (χ4n) is 2.44. The molecule has 18 heavy (non-hydrogen) atoms. The average Bonchev–Trinajstić information content (AvgIpc) is 2.41. The Bertz CT molecular complexity index is 589. The van der Waals surface area contributed by atoms with Gasteiger partial charge in [0.05, 0.1) is 6.04 Å². The molecule has 1 fully saturated rings. The normalized spacial score (nSPS) is 23.9. The van der Waals surface area contributed by atoms with Crippen molar-refractivity contribution >= 4 is 16.7 Å². The quantitative estimate of drug-likeness (QED) is 0.779. The Morgan fingerprint density at radius 1 is 1.17 bits per heavy atom. The second-order valence-corrected chi connectivity index (χ2v) is 4.64. The fraction of sp³-hybridized carbons (Fsp3) is 0.267. The molecule has 0 bridgehead atoms. The molecule has 2 unspecified atom stereocenters. The maximum atomic E-state index is 11.3. The number of cyclic esters (lactones) is 1. The van der Waals surface area contributed by atoms with E-state index < -0.39 is 0 Å². The van der Waals surface area contributed by atoms with Gasteiger partial charge in [0.15, 0.2) is 0 Å². The maximum absolute atomic E-state index is 11.3. The summed E-state index contributed by atoms with van der Waals surface area (Å²) in [6.45, 7) is 2.23. The van der Waals surface area contributed by atoms with Gasteiger partial charge in [-0.1, -0.05) is 42.5 Å². The van der Waals surface area contributed by atoms with Crippen LogP contribution in [-0.4, -0.2) is 18.6 Å². The Balaban J connectivity index is 2.02. The van der Waals surface area contributed by atoms with Gasteiger partial charge in [-0.05, 0) is 23.3 Å². The van der Waals surface area contributed by atoms with E-state index >= 15 is 0 Å². The predicted octanol–water partition coefficient (Wildman–Crippen LogP) is 2.42. The van der Waals surface area contributed by atoms with E-state index in [9.17, 15) is 4.79 Å². The first-order valence-corrected chi connectivity index (χ1v) is 6.16. The Morgan fingerprint density at radius 3 is 2.78 bits per heavy atom. The molecular formula is C15H15NO2. The molecule has 0 spiro atoms. The smallest absolute Gasteiger partial charge is 0.322 e. The Hall–Kier alpha value is -1.87. The molecule has 3 rings (SSSR count). The summed E-state index contributed by atoms with van der Waals surface area (Å²) in [4.78, 5) is 11.3. The van der Waals surface area contributed by atoms with E-state index in [1.807, 2.05) is 25.1 Å². The second-order valence-electron chi connectivity index (χ2n) is 4.64. The van der Waals surface area contributed by atoms with Crippen LogP contribution in [0.4, 0.5) is 0 Å². The molecule has 3 heteroatoms. The number of hydrogen-bond donors (Lipinski definition) is 1. The van der Waals surface area contributed by atoms with E-state index in [1.165, 1.54) is 16.3 Å². The van der Waals surface area contributed by atoms with Gasteiger partial charge in [0.2, 0.25) is 0 Å². The van der Waals surface area contributed by atoms with Crippen LogP contribution in [0.2, 0.25) is 0 Å². The number of carbonyl (C=O) groups excluding carboxylic acids is 1. The summed E-state index contributed by atoms with van der Waals surface area (Å²) in [5, 5.41) is 5.72. The lowest BCUT2D eigenvalue weighted by molar-refractivity contribution is -0.151. The van der Waals surface area contributed by atoms with Crippen LogP contribution in [0, 0.1) is 0 Å². The number of fused-ring (bicyclic) bond motifs is 1. The van der Waals surface area contributed by atoms with Crippen molar-refractivity contribution in [3.63, 3.8) is 0 Å². The van der Waals surface area contributed by atoms with Gasteiger partial charge < -0.3 is 4.74 Å². The van der Waals surface area contributed by atoms with E-state index in [2.05, 4.69) is 29.6 Å². The minimum absolute atomic E-state index is 0.0730. The van der Waals surface area contributed by atoms with E-state index in [4.69, 9.17) is 4.74 Å². The fourth-order valence-corrected chi connectivity index (χ4v) is 2.44. The van der Waals surface area contributed by atoms with E-state index in [-0.39, 0.29) is 18.1 Å². The van der Waals surface area contributed by atoms with Crippen molar-refractivity contribution in [2.24, 2.45) is 0 Å². The predicted molar refractivity (Wildman–Crippen MR) is 70.2 cm³/mol. The zero-order valence-corrected chi connectivity index (χ0v) is 10.2. The third-order valence-corrected chi connectivity index (χ3v) is 3.40. The minimum Gasteiger partial charge on any atom is -0.463 e. The van der Waals surface area contributed by atoms with Gasteiger partial charge in [-0.2, -0.15) is 0 Å². The van der Waals surface area contributed by atoms with Crippen LogP contribution in [0.15, 0.2) is 42.5 Å². The van der Waals surface area contributed by atoms with Crippen LogP contribution in [0.25, 0.3) is 10.8 Å². The molecule has 0 saturated carbocycles. The van der Waals surface area contributed by atoms with Gasteiger partial charge in [-0.15, -0.1) is 0 Å². The molecule has 0 radical (unpaired) electrons. The lowest BCUT2D eigenvalue weighted by atomic mass is 9.98. The highest BCUT2D eigenvalue weighted by molar-refractivity contribution is 5.86. The van der Waals surface area contributed by atoms with Gasteiger partial charge >= 0.3 is 5.97 Å². The lowest BCUT2D eigenvalue weighted by Gasteiger charge is -2.28. The molecule has 1 aliphatic heterocycles. The first-order valence-electron chi connectivity index (χ1n) is 6.16. The zero-order valence-electron chi connectivity index (χ0n) is 10.2. The van der Waals surface area contributed by atoms with E-state index in [0.29, 0.717) is 6.61 Å². The number of rotatable bonds is 1. The Morgan fingerprint density at radius 2 is 1.94 bits per heavy atom. The van der Waals surface area contributed by atoms with E-state index in [0.717, 1.165) is 0 Å². The summed E-state index contributed by atoms with van der Waals surface area (Å²) < 4.78 is 5.20. The first kappa shape index (κ1) is 11.2. The third kappa shape index (κ3) is 1.87. The van der Waals surface area contributed by atoms with Crippen LogP contribution < -0.4 is 5.32 Å². The van der Waals surface area contributed by atoms with Crippen LogP contribution in [0.1, 0.15) is 18.5 Å². The second kappa shape index (κ2) is 4.42. The molecule has 2 aromatic carbocycles. The number of morpholine rings is 1. The van der Waals surface area contributed by atoms with Gasteiger partial charge in [-0.25, -0.2) is 0 Å². The first-order chi connectivity index (χ1) is 8.75. The maximum Gasteiger partial charge on any atom is 0.322 e. The largest absolute Gasteiger partial charge is 0.463 e. The van der Waals surface area contributed by atoms with Crippen molar-refractivity contribution in [2.45, 2.75) is 19.0 Å². The SMILES string of the molecule is CC1NC(c2cccc3ccccc23)COC1=O. The molecule has 0 aliphatic carbocycles. The molecular weight excluding hydrogens is 226 g/mol. The summed E-state index contributed by atoms with van der Waals surface area (Å²) in [6, 6.07) is 14.3. The zero-order chi connectivity index (χ0) is 12.5. The van der Waals surface area contributed by atoms with Crippen LogP contribution in [-0.2, 0) is 9.53 Å². The highest BCUT2D eigenvalue weighted by Gasteiger charge is 2.27. The van der Waals surface area contributed by atoms with Crippen molar-refractivity contribution in [2.75, 3.05) is 6.61 Å². The minimum atomic E-state index is -0.247. The summed E-state index contributed by atoms with van der Waals surface area (Å²) in [5.74, 6) is -0.175. The molecule has 2 atom stereocenters. The summed E-state index contributed by atoms with van der Waals surface area (Å²) in [6.07, 6.45) is 0. The van der Waals surface area contributed by atoms with Gasteiger partial charge in [-0.3, -0.25) is 10.1 Å². The topological polar surface area (TPSA) is 38.3 Å². The number of benzene rings is 2. The third-order valence-electron chi connectivity index (χ3n) is 3.40. The van der Waals surface area contributed by atoms with Crippen molar-refractivity contribution in [1.29, 1.82) is 0 Å². The number of carbonyl (C=O) groups is 1. The van der Waals surface area contributed by atoms with Gasteiger partial charge in [0.1, 0.15) is 12.6 Å². The van der Waals surface area contributed by atoms with Crippen LogP contribution in [0.3, 0.4) is 0 Å².